The smallest absolute Gasteiger partial charge is 0.312 e. The van der Waals surface area contributed by atoms with E-state index in [1.165, 1.54) is 0 Å². The van der Waals surface area contributed by atoms with Gasteiger partial charge in [-0.3, -0.25) is 9.59 Å². The number of benzene rings is 2. The molecule has 1 aliphatic heterocycles. The van der Waals surface area contributed by atoms with Gasteiger partial charge in [-0.1, -0.05) is 54.6 Å². The molecule has 1 unspecified atom stereocenters. The molecule has 1 N–H and O–H groups in total. The number of carboxylic acid groups (broad SMARTS) is 1. The summed E-state index contributed by atoms with van der Waals surface area (Å²) in [6.07, 6.45) is 0. The molecule has 142 valence electrons. The van der Waals surface area contributed by atoms with E-state index in [1.54, 1.807) is 4.90 Å². The lowest BCUT2D eigenvalue weighted by molar-refractivity contribution is -0.147. The number of amides is 1. The van der Waals surface area contributed by atoms with Crippen LogP contribution < -0.4 is 0 Å². The predicted molar refractivity (Wildman–Crippen MR) is 102 cm³/mol. The second-order valence-corrected chi connectivity index (χ2v) is 7.64. The first-order valence-corrected chi connectivity index (χ1v) is 9.10. The zero-order valence-corrected chi connectivity index (χ0v) is 15.7. The average molecular weight is 367 g/mol. The molecule has 1 amide bonds. The van der Waals surface area contributed by atoms with Gasteiger partial charge < -0.3 is 14.7 Å². The number of ether oxygens (including phenoxy) is 1. The third kappa shape index (κ3) is 4.37. The van der Waals surface area contributed by atoms with Crippen molar-refractivity contribution < 1.29 is 19.4 Å². The van der Waals surface area contributed by atoms with E-state index in [2.05, 4.69) is 0 Å². The Morgan fingerprint density at radius 3 is 2.48 bits per heavy atom. The van der Waals surface area contributed by atoms with Crippen LogP contribution in [-0.2, 0) is 27.5 Å². The van der Waals surface area contributed by atoms with Crippen LogP contribution in [0.5, 0.6) is 0 Å². The molecule has 0 fully saturated rings. The third-order valence-corrected chi connectivity index (χ3v) is 4.93. The minimum absolute atomic E-state index is 0.0867. The molecule has 1 heterocycles. The maximum atomic E-state index is 13.1. The van der Waals surface area contributed by atoms with Gasteiger partial charge in [0, 0.05) is 13.1 Å². The van der Waals surface area contributed by atoms with Crippen molar-refractivity contribution in [2.24, 2.45) is 5.41 Å². The van der Waals surface area contributed by atoms with Crippen LogP contribution in [0.25, 0.3) is 0 Å². The van der Waals surface area contributed by atoms with Crippen LogP contribution in [0.4, 0.5) is 0 Å². The highest BCUT2D eigenvalue weighted by Gasteiger charge is 2.38. The summed E-state index contributed by atoms with van der Waals surface area (Å²) in [7, 11) is 0. The predicted octanol–water partition coefficient (Wildman–Crippen LogP) is 3.44. The summed E-state index contributed by atoms with van der Waals surface area (Å²) in [5.41, 5.74) is 2.01. The molecule has 5 heteroatoms. The Morgan fingerprint density at radius 2 is 1.78 bits per heavy atom. The second-order valence-electron chi connectivity index (χ2n) is 7.64. The number of fused-ring (bicyclic) bond motifs is 1. The maximum Gasteiger partial charge on any atom is 0.312 e. The Morgan fingerprint density at radius 1 is 1.11 bits per heavy atom. The number of aliphatic carboxylic acids is 1. The van der Waals surface area contributed by atoms with Crippen molar-refractivity contribution in [2.75, 3.05) is 13.2 Å². The molecular weight excluding hydrogens is 342 g/mol. The highest BCUT2D eigenvalue weighted by atomic mass is 16.5. The summed E-state index contributed by atoms with van der Waals surface area (Å²) in [5, 5.41) is 9.59. The van der Waals surface area contributed by atoms with E-state index in [4.69, 9.17) is 4.74 Å². The minimum Gasteiger partial charge on any atom is -0.481 e. The second kappa shape index (κ2) is 7.92. The van der Waals surface area contributed by atoms with Crippen LogP contribution in [0, 0.1) is 5.41 Å². The highest BCUT2D eigenvalue weighted by molar-refractivity contribution is 5.84. The molecule has 0 saturated heterocycles. The van der Waals surface area contributed by atoms with Crippen LogP contribution in [0.15, 0.2) is 54.6 Å². The highest BCUT2D eigenvalue weighted by Crippen LogP contribution is 2.31. The number of carbonyl (C=O) groups excluding carboxylic acids is 1. The van der Waals surface area contributed by atoms with Gasteiger partial charge in [-0.25, -0.2) is 0 Å². The van der Waals surface area contributed by atoms with Crippen molar-refractivity contribution >= 4 is 11.9 Å². The zero-order valence-electron chi connectivity index (χ0n) is 15.7. The van der Waals surface area contributed by atoms with Gasteiger partial charge in [0.05, 0.1) is 24.5 Å². The molecule has 2 aromatic rings. The Labute approximate surface area is 159 Å². The monoisotopic (exact) mass is 367 g/mol. The number of hydrogen-bond acceptors (Lipinski definition) is 3. The fraction of sp³-hybridized carbons (Fsp3) is 0.364. The van der Waals surface area contributed by atoms with Gasteiger partial charge in [0.1, 0.15) is 0 Å². The number of carbonyl (C=O) groups is 2. The standard InChI is InChI=1S/C22H25NO4/c1-22(2,15-27-14-16-8-4-3-5-9-16)21(26)23-12-17-10-6-7-11-18(17)19(13-23)20(24)25/h3-11,19H,12-15H2,1-2H3,(H,24,25). The first-order valence-electron chi connectivity index (χ1n) is 9.10. The van der Waals surface area contributed by atoms with Crippen molar-refractivity contribution in [3.63, 3.8) is 0 Å². The van der Waals surface area contributed by atoms with E-state index >= 15 is 0 Å². The molecule has 27 heavy (non-hydrogen) atoms. The van der Waals surface area contributed by atoms with Crippen LogP contribution in [0.1, 0.15) is 36.5 Å². The van der Waals surface area contributed by atoms with E-state index < -0.39 is 17.3 Å². The molecule has 3 rings (SSSR count). The summed E-state index contributed by atoms with van der Waals surface area (Å²) < 4.78 is 5.78. The van der Waals surface area contributed by atoms with Crippen molar-refractivity contribution in [2.45, 2.75) is 32.9 Å². The van der Waals surface area contributed by atoms with E-state index in [9.17, 15) is 14.7 Å². The summed E-state index contributed by atoms with van der Waals surface area (Å²) in [4.78, 5) is 26.4. The van der Waals surface area contributed by atoms with Crippen LogP contribution >= 0.6 is 0 Å². The van der Waals surface area contributed by atoms with Gasteiger partial charge in [0.25, 0.3) is 0 Å². The molecule has 5 nitrogen and oxygen atoms in total. The molecule has 1 atom stereocenters. The van der Waals surface area contributed by atoms with E-state index in [1.807, 2.05) is 68.4 Å². The SMILES string of the molecule is CC(C)(COCc1ccccc1)C(=O)N1Cc2ccccc2C(C(=O)O)C1. The molecular formula is C22H25NO4. The number of nitrogens with zero attached hydrogens (tertiary/aromatic N) is 1. The van der Waals surface area contributed by atoms with Gasteiger partial charge in [-0.15, -0.1) is 0 Å². The van der Waals surface area contributed by atoms with E-state index in [-0.39, 0.29) is 19.1 Å². The topological polar surface area (TPSA) is 66.8 Å². The number of hydrogen-bond donors (Lipinski definition) is 1. The summed E-state index contributed by atoms with van der Waals surface area (Å²) in [6.45, 7) is 5.02. The first-order chi connectivity index (χ1) is 12.9. The molecule has 2 aromatic carbocycles. The largest absolute Gasteiger partial charge is 0.481 e. The molecule has 0 spiro atoms. The van der Waals surface area contributed by atoms with Crippen molar-refractivity contribution in [1.29, 1.82) is 0 Å². The quantitative estimate of drug-likeness (QED) is 0.849. The lowest BCUT2D eigenvalue weighted by Crippen LogP contribution is -2.47. The van der Waals surface area contributed by atoms with Gasteiger partial charge >= 0.3 is 5.97 Å². The number of carboxylic acids is 1. The Hall–Kier alpha value is -2.66. The molecule has 0 radical (unpaired) electrons. The number of rotatable bonds is 6. The summed E-state index contributed by atoms with van der Waals surface area (Å²) in [5.74, 6) is -1.69. The molecule has 1 aliphatic rings. The molecule has 0 aliphatic carbocycles. The normalized spacial score (nSPS) is 16.7. The van der Waals surface area contributed by atoms with E-state index in [0.717, 1.165) is 16.7 Å². The van der Waals surface area contributed by atoms with E-state index in [0.29, 0.717) is 13.2 Å². The third-order valence-electron chi connectivity index (χ3n) is 4.93. The summed E-state index contributed by atoms with van der Waals surface area (Å²) in [6, 6.07) is 17.3. The lowest BCUT2D eigenvalue weighted by Gasteiger charge is -2.37. The minimum atomic E-state index is -0.905. The molecule has 0 saturated carbocycles. The molecule has 0 bridgehead atoms. The average Bonchev–Trinajstić information content (AvgIpc) is 2.67. The lowest BCUT2D eigenvalue weighted by atomic mass is 9.86. The Balaban J connectivity index is 1.68. The molecule has 0 aromatic heterocycles. The maximum absolute atomic E-state index is 13.1. The summed E-state index contributed by atoms with van der Waals surface area (Å²) >= 11 is 0. The van der Waals surface area contributed by atoms with Gasteiger partial charge in [0.15, 0.2) is 0 Å². The van der Waals surface area contributed by atoms with Crippen LogP contribution in [0.3, 0.4) is 0 Å². The zero-order chi connectivity index (χ0) is 19.4. The van der Waals surface area contributed by atoms with Crippen LogP contribution in [-0.4, -0.2) is 35.0 Å². The van der Waals surface area contributed by atoms with Crippen LogP contribution in [0.2, 0.25) is 0 Å². The van der Waals surface area contributed by atoms with Gasteiger partial charge in [-0.2, -0.15) is 0 Å². The Bertz CT molecular complexity index is 816. The van der Waals surface area contributed by atoms with Crippen molar-refractivity contribution in [3.8, 4) is 0 Å². The Kier molecular flexibility index (Phi) is 5.61. The fourth-order valence-corrected chi connectivity index (χ4v) is 3.46. The van der Waals surface area contributed by atoms with Gasteiger partial charge in [-0.05, 0) is 30.5 Å². The first kappa shape index (κ1) is 19.1. The van der Waals surface area contributed by atoms with Crippen molar-refractivity contribution in [1.82, 2.24) is 4.90 Å². The van der Waals surface area contributed by atoms with Crippen molar-refractivity contribution in [3.05, 3.63) is 71.3 Å². The fourth-order valence-electron chi connectivity index (χ4n) is 3.46. The van der Waals surface area contributed by atoms with Gasteiger partial charge in [0.2, 0.25) is 5.91 Å².